The molecule has 0 aliphatic heterocycles. The number of alkyl halides is 6. The summed E-state index contributed by atoms with van der Waals surface area (Å²) in [7, 11) is 0. The fraction of sp³-hybridized carbons (Fsp3) is 1.00. The second kappa shape index (κ2) is 5.77. The molecule has 0 unspecified atom stereocenters. The molecule has 0 aromatic carbocycles. The van der Waals surface area contributed by atoms with Gasteiger partial charge in [0.15, 0.2) is 0 Å². The van der Waals surface area contributed by atoms with Crippen molar-refractivity contribution < 1.29 is 26.3 Å². The van der Waals surface area contributed by atoms with E-state index in [9.17, 15) is 26.3 Å². The lowest BCUT2D eigenvalue weighted by molar-refractivity contribution is -0.173. The van der Waals surface area contributed by atoms with Gasteiger partial charge in [-0.3, -0.25) is 0 Å². The summed E-state index contributed by atoms with van der Waals surface area (Å²) in [6, 6.07) is 0. The van der Waals surface area contributed by atoms with E-state index in [0.717, 1.165) is 0 Å². The summed E-state index contributed by atoms with van der Waals surface area (Å²) in [4.78, 5) is 0. The highest BCUT2D eigenvalue weighted by atomic mass is 19.4. The van der Waals surface area contributed by atoms with Crippen LogP contribution in [-0.4, -0.2) is 12.4 Å². The third-order valence-electron chi connectivity index (χ3n) is 2.19. The van der Waals surface area contributed by atoms with Crippen molar-refractivity contribution in [2.75, 3.05) is 0 Å². The molecule has 0 saturated heterocycles. The van der Waals surface area contributed by atoms with Gasteiger partial charge < -0.3 is 0 Å². The maximum absolute atomic E-state index is 12.0. The van der Waals surface area contributed by atoms with Gasteiger partial charge in [-0.2, -0.15) is 26.3 Å². The van der Waals surface area contributed by atoms with Crippen LogP contribution in [0.5, 0.6) is 0 Å². The van der Waals surface area contributed by atoms with Crippen LogP contribution in [0.3, 0.4) is 0 Å². The van der Waals surface area contributed by atoms with Crippen molar-refractivity contribution in [1.29, 1.82) is 0 Å². The van der Waals surface area contributed by atoms with Gasteiger partial charge in [-0.25, -0.2) is 0 Å². The fourth-order valence-electron chi connectivity index (χ4n) is 1.50. The normalized spacial score (nSPS) is 13.9. The van der Waals surface area contributed by atoms with Crippen molar-refractivity contribution in [3.63, 3.8) is 0 Å². The predicted octanol–water partition coefficient (Wildman–Crippen LogP) is 4.94. The SMILES string of the molecule is CC(C)CCC(CC(F)(F)F)CC(F)(F)F. The zero-order chi connectivity index (χ0) is 13.0. The van der Waals surface area contributed by atoms with Crippen LogP contribution >= 0.6 is 0 Å². The van der Waals surface area contributed by atoms with Gasteiger partial charge in [-0.15, -0.1) is 0 Å². The Labute approximate surface area is 91.0 Å². The first-order chi connectivity index (χ1) is 6.99. The average molecular weight is 250 g/mol. The Bertz CT molecular complexity index is 174. The van der Waals surface area contributed by atoms with Gasteiger partial charge in [-0.1, -0.05) is 20.3 Å². The van der Waals surface area contributed by atoms with Crippen molar-refractivity contribution in [2.45, 2.75) is 51.9 Å². The first-order valence-corrected chi connectivity index (χ1v) is 5.13. The molecular formula is C10H16F6. The molecule has 98 valence electrons. The summed E-state index contributed by atoms with van der Waals surface area (Å²) in [6.45, 7) is 3.55. The third kappa shape index (κ3) is 10.1. The largest absolute Gasteiger partial charge is 0.389 e. The van der Waals surface area contributed by atoms with Gasteiger partial charge in [0.1, 0.15) is 0 Å². The zero-order valence-corrected chi connectivity index (χ0v) is 9.25. The zero-order valence-electron chi connectivity index (χ0n) is 9.25. The molecule has 16 heavy (non-hydrogen) atoms. The molecule has 6 heteroatoms. The highest BCUT2D eigenvalue weighted by Crippen LogP contribution is 2.35. The molecule has 0 amide bonds. The van der Waals surface area contributed by atoms with Crippen LogP contribution in [0.4, 0.5) is 26.3 Å². The summed E-state index contributed by atoms with van der Waals surface area (Å²) in [5.74, 6) is -1.23. The second-order valence-electron chi connectivity index (χ2n) is 4.48. The van der Waals surface area contributed by atoms with Crippen LogP contribution < -0.4 is 0 Å². The topological polar surface area (TPSA) is 0 Å². The maximum Gasteiger partial charge on any atom is 0.389 e. The molecule has 0 N–H and O–H groups in total. The summed E-state index contributed by atoms with van der Waals surface area (Å²) in [6.07, 6.45) is -11.4. The molecule has 0 heterocycles. The summed E-state index contributed by atoms with van der Waals surface area (Å²) < 4.78 is 72.2. The molecule has 0 spiro atoms. The van der Waals surface area contributed by atoms with Crippen LogP contribution in [0.15, 0.2) is 0 Å². The first-order valence-electron chi connectivity index (χ1n) is 5.13. The van der Waals surface area contributed by atoms with Gasteiger partial charge in [0, 0.05) is 12.8 Å². The molecule has 0 nitrogen and oxygen atoms in total. The molecule has 0 aromatic rings. The van der Waals surface area contributed by atoms with E-state index in [-0.39, 0.29) is 12.3 Å². The Morgan fingerprint density at radius 2 is 1.12 bits per heavy atom. The Hall–Kier alpha value is -0.420. The Kier molecular flexibility index (Phi) is 5.62. The van der Waals surface area contributed by atoms with Gasteiger partial charge in [-0.05, 0) is 18.3 Å². The molecular weight excluding hydrogens is 234 g/mol. The van der Waals surface area contributed by atoms with E-state index >= 15 is 0 Å². The minimum atomic E-state index is -4.52. The minimum absolute atomic E-state index is 0.0311. The van der Waals surface area contributed by atoms with Crippen molar-refractivity contribution in [2.24, 2.45) is 11.8 Å². The van der Waals surface area contributed by atoms with Crippen molar-refractivity contribution in [1.82, 2.24) is 0 Å². The third-order valence-corrected chi connectivity index (χ3v) is 2.19. The van der Waals surface area contributed by atoms with Crippen LogP contribution in [0.25, 0.3) is 0 Å². The molecule has 0 atom stereocenters. The molecule has 0 fully saturated rings. The Morgan fingerprint density at radius 3 is 1.38 bits per heavy atom. The average Bonchev–Trinajstić information content (AvgIpc) is 1.93. The fourth-order valence-corrected chi connectivity index (χ4v) is 1.50. The maximum atomic E-state index is 12.0. The van der Waals surface area contributed by atoms with E-state index in [1.54, 1.807) is 13.8 Å². The smallest absolute Gasteiger partial charge is 0.171 e. The van der Waals surface area contributed by atoms with Gasteiger partial charge >= 0.3 is 12.4 Å². The van der Waals surface area contributed by atoms with E-state index in [1.165, 1.54) is 0 Å². The molecule has 0 aliphatic carbocycles. The van der Waals surface area contributed by atoms with Crippen LogP contribution in [0.1, 0.15) is 39.5 Å². The van der Waals surface area contributed by atoms with Crippen LogP contribution in [0, 0.1) is 11.8 Å². The summed E-state index contributed by atoms with van der Waals surface area (Å²) in [5, 5.41) is 0. The quantitative estimate of drug-likeness (QED) is 0.606. The highest BCUT2D eigenvalue weighted by Gasteiger charge is 2.38. The van der Waals surface area contributed by atoms with E-state index in [2.05, 4.69) is 0 Å². The number of hydrogen-bond donors (Lipinski definition) is 0. The Morgan fingerprint density at radius 1 is 0.750 bits per heavy atom. The number of halogens is 6. The summed E-state index contributed by atoms with van der Waals surface area (Å²) >= 11 is 0. The van der Waals surface area contributed by atoms with Crippen molar-refractivity contribution in [3.8, 4) is 0 Å². The lowest BCUT2D eigenvalue weighted by Gasteiger charge is -2.20. The monoisotopic (exact) mass is 250 g/mol. The Balaban J connectivity index is 4.28. The highest BCUT2D eigenvalue weighted by molar-refractivity contribution is 4.69. The van der Waals surface area contributed by atoms with Crippen LogP contribution in [0.2, 0.25) is 0 Å². The second-order valence-corrected chi connectivity index (χ2v) is 4.48. The molecule has 0 saturated carbocycles. The molecule has 0 rings (SSSR count). The van der Waals surface area contributed by atoms with Crippen molar-refractivity contribution in [3.05, 3.63) is 0 Å². The standard InChI is InChI=1S/C10H16F6/c1-7(2)3-4-8(5-9(11,12)13)6-10(14,15)16/h7-8H,3-6H2,1-2H3. The first kappa shape index (κ1) is 15.6. The summed E-state index contributed by atoms with van der Waals surface area (Å²) in [5.41, 5.74) is 0. The lowest BCUT2D eigenvalue weighted by Crippen LogP contribution is -2.22. The molecule has 0 bridgehead atoms. The number of hydrogen-bond acceptors (Lipinski definition) is 0. The van der Waals surface area contributed by atoms with Gasteiger partial charge in [0.2, 0.25) is 0 Å². The predicted molar refractivity (Wildman–Crippen MR) is 48.9 cm³/mol. The van der Waals surface area contributed by atoms with E-state index in [1.807, 2.05) is 0 Å². The van der Waals surface area contributed by atoms with E-state index in [0.29, 0.717) is 6.42 Å². The van der Waals surface area contributed by atoms with E-state index < -0.39 is 31.1 Å². The van der Waals surface area contributed by atoms with E-state index in [4.69, 9.17) is 0 Å². The van der Waals surface area contributed by atoms with Gasteiger partial charge in [0.05, 0.1) is 0 Å². The minimum Gasteiger partial charge on any atom is -0.171 e. The van der Waals surface area contributed by atoms with Gasteiger partial charge in [0.25, 0.3) is 0 Å². The van der Waals surface area contributed by atoms with Crippen molar-refractivity contribution >= 4 is 0 Å². The van der Waals surface area contributed by atoms with Crippen LogP contribution in [-0.2, 0) is 0 Å². The molecule has 0 radical (unpaired) electrons. The number of rotatable bonds is 5. The molecule has 0 aromatic heterocycles. The molecule has 0 aliphatic rings. The lowest BCUT2D eigenvalue weighted by atomic mass is 9.92.